The Hall–Kier alpha value is -2.78. The van der Waals surface area contributed by atoms with Gasteiger partial charge in [-0.15, -0.1) is 5.10 Å². The van der Waals surface area contributed by atoms with Crippen molar-refractivity contribution in [2.75, 3.05) is 11.9 Å². The molecule has 6 nitrogen and oxygen atoms in total. The second-order valence-electron chi connectivity index (χ2n) is 3.93. The summed E-state index contributed by atoms with van der Waals surface area (Å²) in [5.74, 6) is 5.02. The van der Waals surface area contributed by atoms with E-state index in [4.69, 9.17) is 5.11 Å². The van der Waals surface area contributed by atoms with Crippen molar-refractivity contribution < 1.29 is 9.90 Å². The van der Waals surface area contributed by atoms with Gasteiger partial charge in [0.2, 0.25) is 5.95 Å². The van der Waals surface area contributed by atoms with E-state index in [0.29, 0.717) is 11.1 Å². The number of carbonyl (C=O) groups is 1. The molecule has 20 heavy (non-hydrogen) atoms. The minimum atomic E-state index is -0.371. The molecule has 0 aliphatic heterocycles. The zero-order valence-electron chi connectivity index (χ0n) is 10.8. The number of aromatic nitrogens is 3. The predicted molar refractivity (Wildman–Crippen MR) is 72.9 cm³/mol. The molecule has 0 atom stereocenters. The molecule has 100 valence electrons. The first kappa shape index (κ1) is 13.6. The van der Waals surface area contributed by atoms with Gasteiger partial charge in [-0.05, 0) is 19.1 Å². The number of nitrogens with zero attached hydrogens (tertiary/aromatic N) is 3. The molecule has 2 N–H and O–H groups in total. The number of carbonyl (C=O) groups excluding carboxylic acids is 1. The number of nitrogens with one attached hydrogen (secondary N) is 1. The number of aliphatic hydroxyl groups excluding tert-OH is 1. The third-order valence-electron chi connectivity index (χ3n) is 2.43. The van der Waals surface area contributed by atoms with Gasteiger partial charge in [0.15, 0.2) is 0 Å². The average Bonchev–Trinajstić information content (AvgIpc) is 2.47. The minimum Gasteiger partial charge on any atom is -0.384 e. The van der Waals surface area contributed by atoms with E-state index in [1.807, 2.05) is 13.0 Å². The van der Waals surface area contributed by atoms with Crippen molar-refractivity contribution in [1.82, 2.24) is 15.2 Å². The SMILES string of the molecule is Cc1ccc(C#CCO)c(C(=O)Nc2nccnn2)c1. The van der Waals surface area contributed by atoms with Gasteiger partial charge in [-0.3, -0.25) is 10.1 Å². The fourth-order valence-corrected chi connectivity index (χ4v) is 1.56. The van der Waals surface area contributed by atoms with Crippen molar-refractivity contribution in [3.05, 3.63) is 47.3 Å². The van der Waals surface area contributed by atoms with Gasteiger partial charge in [-0.2, -0.15) is 5.10 Å². The predicted octanol–water partition coefficient (Wildman–Crippen LogP) is 0.776. The Morgan fingerprint density at radius 1 is 1.40 bits per heavy atom. The fourth-order valence-electron chi connectivity index (χ4n) is 1.56. The third kappa shape index (κ3) is 3.37. The van der Waals surface area contributed by atoms with Gasteiger partial charge in [-0.1, -0.05) is 23.5 Å². The first-order chi connectivity index (χ1) is 9.70. The fraction of sp³-hybridized carbons (Fsp3) is 0.143. The van der Waals surface area contributed by atoms with E-state index in [1.165, 1.54) is 12.4 Å². The van der Waals surface area contributed by atoms with Crippen LogP contribution in [0, 0.1) is 18.8 Å². The quantitative estimate of drug-likeness (QED) is 0.786. The third-order valence-corrected chi connectivity index (χ3v) is 2.43. The average molecular weight is 268 g/mol. The van der Waals surface area contributed by atoms with Crippen molar-refractivity contribution >= 4 is 11.9 Å². The summed E-state index contributed by atoms with van der Waals surface area (Å²) in [6.07, 6.45) is 2.85. The number of hydrogen-bond donors (Lipinski definition) is 2. The molecule has 0 radical (unpaired) electrons. The first-order valence-corrected chi connectivity index (χ1v) is 5.86. The van der Waals surface area contributed by atoms with Crippen molar-refractivity contribution in [1.29, 1.82) is 0 Å². The van der Waals surface area contributed by atoms with Crippen LogP contribution in [0.3, 0.4) is 0 Å². The normalized spacial score (nSPS) is 9.50. The van der Waals surface area contributed by atoms with E-state index in [-0.39, 0.29) is 18.5 Å². The molecule has 0 saturated carbocycles. The van der Waals surface area contributed by atoms with Crippen LogP contribution in [0.15, 0.2) is 30.6 Å². The number of rotatable bonds is 2. The Morgan fingerprint density at radius 3 is 2.95 bits per heavy atom. The van der Waals surface area contributed by atoms with Gasteiger partial charge in [0.05, 0.1) is 18.0 Å². The van der Waals surface area contributed by atoms with Gasteiger partial charge in [-0.25, -0.2) is 4.98 Å². The van der Waals surface area contributed by atoms with Gasteiger partial charge >= 0.3 is 0 Å². The van der Waals surface area contributed by atoms with Gasteiger partial charge in [0.1, 0.15) is 6.61 Å². The molecule has 0 fully saturated rings. The summed E-state index contributed by atoms with van der Waals surface area (Å²) >= 11 is 0. The molecule has 0 spiro atoms. The zero-order valence-corrected chi connectivity index (χ0v) is 10.8. The molecule has 0 saturated heterocycles. The summed E-state index contributed by atoms with van der Waals surface area (Å²) in [4.78, 5) is 16.1. The molecule has 0 unspecified atom stereocenters. The van der Waals surface area contributed by atoms with Gasteiger partial charge in [0.25, 0.3) is 5.91 Å². The summed E-state index contributed by atoms with van der Waals surface area (Å²) in [6.45, 7) is 1.61. The topological polar surface area (TPSA) is 88.0 Å². The maximum Gasteiger partial charge on any atom is 0.259 e. The molecule has 1 aromatic carbocycles. The van der Waals surface area contributed by atoms with Crippen molar-refractivity contribution in [2.24, 2.45) is 0 Å². The molecule has 1 aromatic heterocycles. The van der Waals surface area contributed by atoms with Crippen LogP contribution in [-0.2, 0) is 0 Å². The first-order valence-electron chi connectivity index (χ1n) is 5.86. The Labute approximate surface area is 115 Å². The maximum atomic E-state index is 12.2. The van der Waals surface area contributed by atoms with E-state index in [1.54, 1.807) is 12.1 Å². The van der Waals surface area contributed by atoms with E-state index >= 15 is 0 Å². The summed E-state index contributed by atoms with van der Waals surface area (Å²) in [5, 5.41) is 18.6. The van der Waals surface area contributed by atoms with Crippen LogP contribution >= 0.6 is 0 Å². The number of anilines is 1. The highest BCUT2D eigenvalue weighted by Gasteiger charge is 2.12. The Balaban J connectivity index is 2.31. The van der Waals surface area contributed by atoms with Crippen molar-refractivity contribution in [3.8, 4) is 11.8 Å². The minimum absolute atomic E-state index is 0.125. The molecule has 0 bridgehead atoms. The van der Waals surface area contributed by atoms with Gasteiger partial charge in [0, 0.05) is 5.56 Å². The van der Waals surface area contributed by atoms with Crippen LogP contribution in [0.1, 0.15) is 21.5 Å². The summed E-state index contributed by atoms with van der Waals surface area (Å²) in [7, 11) is 0. The molecule has 2 rings (SSSR count). The molecule has 2 aromatic rings. The molecule has 6 heteroatoms. The smallest absolute Gasteiger partial charge is 0.259 e. The van der Waals surface area contributed by atoms with Crippen LogP contribution in [0.25, 0.3) is 0 Å². The van der Waals surface area contributed by atoms with E-state index in [9.17, 15) is 4.79 Å². The zero-order chi connectivity index (χ0) is 14.4. The monoisotopic (exact) mass is 268 g/mol. The molecule has 0 aliphatic rings. The standard InChI is InChI=1S/C14H12N4O2/c1-10-4-5-11(3-2-8-19)12(9-10)13(20)17-14-15-6-7-16-18-14/h4-7,9,19H,8H2,1H3,(H,15,17,18,20). The molecule has 1 heterocycles. The summed E-state index contributed by atoms with van der Waals surface area (Å²) < 4.78 is 0. The van der Waals surface area contributed by atoms with Gasteiger partial charge < -0.3 is 5.11 Å². The van der Waals surface area contributed by atoms with Crippen molar-refractivity contribution in [2.45, 2.75) is 6.92 Å². The number of amides is 1. The van der Waals surface area contributed by atoms with Crippen LogP contribution in [0.5, 0.6) is 0 Å². The van der Waals surface area contributed by atoms with E-state index < -0.39 is 0 Å². The lowest BCUT2D eigenvalue weighted by Gasteiger charge is -2.06. The van der Waals surface area contributed by atoms with Crippen molar-refractivity contribution in [3.63, 3.8) is 0 Å². The van der Waals surface area contributed by atoms with Crippen LogP contribution in [-0.4, -0.2) is 32.8 Å². The molecular weight excluding hydrogens is 256 g/mol. The molecule has 1 amide bonds. The number of hydrogen-bond acceptors (Lipinski definition) is 5. The lowest BCUT2D eigenvalue weighted by Crippen LogP contribution is -2.16. The number of benzene rings is 1. The Bertz CT molecular complexity index is 675. The molecular formula is C14H12N4O2. The largest absolute Gasteiger partial charge is 0.384 e. The summed E-state index contributed by atoms with van der Waals surface area (Å²) in [6, 6.07) is 5.29. The van der Waals surface area contributed by atoms with Crippen LogP contribution in [0.2, 0.25) is 0 Å². The molecule has 0 aliphatic carbocycles. The number of aliphatic hydroxyl groups is 1. The highest BCUT2D eigenvalue weighted by molar-refractivity contribution is 6.05. The highest BCUT2D eigenvalue weighted by atomic mass is 16.2. The second-order valence-corrected chi connectivity index (χ2v) is 3.93. The Kier molecular flexibility index (Phi) is 4.37. The Morgan fingerprint density at radius 2 is 2.25 bits per heavy atom. The van der Waals surface area contributed by atoms with E-state index in [0.717, 1.165) is 5.56 Å². The van der Waals surface area contributed by atoms with Crippen LogP contribution < -0.4 is 5.32 Å². The maximum absolute atomic E-state index is 12.2. The van der Waals surface area contributed by atoms with E-state index in [2.05, 4.69) is 32.3 Å². The van der Waals surface area contributed by atoms with Crippen LogP contribution in [0.4, 0.5) is 5.95 Å². The lowest BCUT2D eigenvalue weighted by molar-refractivity contribution is 0.102. The second kappa shape index (κ2) is 6.41. The number of aryl methyl sites for hydroxylation is 1. The highest BCUT2D eigenvalue weighted by Crippen LogP contribution is 2.12. The summed E-state index contributed by atoms with van der Waals surface area (Å²) in [5.41, 5.74) is 1.86. The lowest BCUT2D eigenvalue weighted by atomic mass is 10.0.